The summed E-state index contributed by atoms with van der Waals surface area (Å²) in [6, 6.07) is 11.8. The van der Waals surface area contributed by atoms with Crippen molar-refractivity contribution >= 4 is 46.6 Å². The van der Waals surface area contributed by atoms with E-state index in [1.165, 1.54) is 0 Å². The maximum atomic E-state index is 10.00. The van der Waals surface area contributed by atoms with E-state index in [1.54, 1.807) is 11.8 Å². The van der Waals surface area contributed by atoms with Crippen LogP contribution in [0.25, 0.3) is 0 Å². The average Bonchev–Trinajstić information content (AvgIpc) is 2.72. The van der Waals surface area contributed by atoms with E-state index in [9.17, 15) is 5.11 Å². The van der Waals surface area contributed by atoms with Crippen LogP contribution in [0.4, 0.5) is 0 Å². The Kier molecular flexibility index (Phi) is 10.5. The maximum Gasteiger partial charge on any atom is 0.156 e. The van der Waals surface area contributed by atoms with Gasteiger partial charge in [-0.1, -0.05) is 56.1 Å². The monoisotopic (exact) mass is 490 g/mol. The normalized spacial score (nSPS) is 12.6. The molecule has 0 aromatic heterocycles. The fourth-order valence-corrected chi connectivity index (χ4v) is 4.23. The Morgan fingerprint density at radius 2 is 1.67 bits per heavy atom. The second-order valence-corrected chi connectivity index (χ2v) is 9.94. The van der Waals surface area contributed by atoms with Crippen molar-refractivity contribution in [2.24, 2.45) is 0 Å². The Morgan fingerprint density at radius 3 is 2.23 bits per heavy atom. The summed E-state index contributed by atoms with van der Waals surface area (Å²) in [6.45, 7) is 7.04. The van der Waals surface area contributed by atoms with Gasteiger partial charge in [-0.05, 0) is 47.6 Å². The first-order valence-corrected chi connectivity index (χ1v) is 12.4. The van der Waals surface area contributed by atoms with Gasteiger partial charge in [-0.15, -0.1) is 11.6 Å². The van der Waals surface area contributed by atoms with E-state index < -0.39 is 6.10 Å². The van der Waals surface area contributed by atoms with Crippen LogP contribution in [0.1, 0.15) is 38.3 Å². The molecule has 30 heavy (non-hydrogen) atoms. The zero-order valence-corrected chi connectivity index (χ0v) is 20.7. The van der Waals surface area contributed by atoms with Crippen molar-refractivity contribution in [2.75, 3.05) is 30.6 Å². The summed E-state index contributed by atoms with van der Waals surface area (Å²) in [6.07, 6.45) is 0.248. The summed E-state index contributed by atoms with van der Waals surface area (Å²) >= 11 is 20.3. The van der Waals surface area contributed by atoms with Crippen LogP contribution in [0.15, 0.2) is 36.4 Å². The minimum atomic E-state index is -0.566. The predicted octanol–water partition coefficient (Wildman–Crippen LogP) is 6.82. The molecule has 0 amide bonds. The van der Waals surface area contributed by atoms with E-state index >= 15 is 0 Å². The molecule has 1 unspecified atom stereocenters. The van der Waals surface area contributed by atoms with Crippen molar-refractivity contribution in [3.8, 4) is 11.5 Å². The van der Waals surface area contributed by atoms with Crippen LogP contribution in [0.2, 0.25) is 10.0 Å². The molecule has 0 spiro atoms. The van der Waals surface area contributed by atoms with E-state index in [1.807, 2.05) is 36.4 Å². The van der Waals surface area contributed by atoms with Crippen molar-refractivity contribution in [3.05, 3.63) is 57.6 Å². The molecule has 0 saturated heterocycles. The van der Waals surface area contributed by atoms with Gasteiger partial charge in [-0.25, -0.2) is 0 Å². The van der Waals surface area contributed by atoms with Crippen LogP contribution in [0.3, 0.4) is 0 Å². The highest BCUT2D eigenvalue weighted by molar-refractivity contribution is 7.99. The van der Waals surface area contributed by atoms with Crippen molar-refractivity contribution in [3.63, 3.8) is 0 Å². The summed E-state index contributed by atoms with van der Waals surface area (Å²) in [5.41, 5.74) is 1.76. The molecule has 0 fully saturated rings. The second-order valence-electron chi connectivity index (χ2n) is 7.43. The molecule has 2 aromatic rings. The van der Waals surface area contributed by atoms with Crippen molar-refractivity contribution in [2.45, 2.75) is 38.7 Å². The van der Waals surface area contributed by atoms with E-state index in [2.05, 4.69) is 20.8 Å². The molecule has 2 aromatic carbocycles. The fraction of sp³-hybridized carbons (Fsp3) is 0.478. The second kappa shape index (κ2) is 12.3. The number of hydrogen-bond acceptors (Lipinski definition) is 4. The number of hydrogen-bond donors (Lipinski definition) is 1. The third kappa shape index (κ3) is 7.13. The van der Waals surface area contributed by atoms with Gasteiger partial charge in [0.05, 0.1) is 22.8 Å². The van der Waals surface area contributed by atoms with E-state index in [0.29, 0.717) is 34.0 Å². The molecule has 1 N–H and O–H groups in total. The van der Waals surface area contributed by atoms with Crippen LogP contribution in [-0.4, -0.2) is 41.8 Å². The van der Waals surface area contributed by atoms with Gasteiger partial charge in [0.1, 0.15) is 12.4 Å². The van der Waals surface area contributed by atoms with Gasteiger partial charge in [0.25, 0.3) is 0 Å². The highest BCUT2D eigenvalue weighted by Crippen LogP contribution is 2.40. The van der Waals surface area contributed by atoms with Gasteiger partial charge < -0.3 is 14.6 Å². The van der Waals surface area contributed by atoms with E-state index in [0.717, 1.165) is 29.1 Å². The standard InChI is InChI=1S/C23H29Cl3O3S/c1-4-30-15-18(27)14-29-22-20(25)12-17(13-21(22)26)23(2,3)16-6-8-19(9-7-16)28-11-5-10-24/h6-9,12-13,18,27H,4-5,10-11,14-15H2,1-3H3. The van der Waals surface area contributed by atoms with Gasteiger partial charge in [0.15, 0.2) is 5.75 Å². The Bertz CT molecular complexity index is 774. The van der Waals surface area contributed by atoms with Crippen LogP contribution >= 0.6 is 46.6 Å². The molecule has 0 aliphatic heterocycles. The Labute approximate surface area is 199 Å². The zero-order valence-electron chi connectivity index (χ0n) is 17.6. The molecule has 0 aliphatic carbocycles. The predicted molar refractivity (Wildman–Crippen MR) is 130 cm³/mol. The molecule has 0 saturated carbocycles. The number of alkyl halides is 1. The number of aliphatic hydroxyl groups excluding tert-OH is 1. The van der Waals surface area contributed by atoms with Gasteiger partial charge in [-0.3, -0.25) is 0 Å². The fourth-order valence-electron chi connectivity index (χ4n) is 2.92. The first-order valence-electron chi connectivity index (χ1n) is 9.97. The zero-order chi connectivity index (χ0) is 22.1. The van der Waals surface area contributed by atoms with Crippen LogP contribution in [-0.2, 0) is 5.41 Å². The lowest BCUT2D eigenvalue weighted by Gasteiger charge is -2.27. The lowest BCUT2D eigenvalue weighted by Crippen LogP contribution is -2.21. The molecule has 166 valence electrons. The van der Waals surface area contributed by atoms with Gasteiger partial charge in [0.2, 0.25) is 0 Å². The Hall–Kier alpha value is -0.780. The van der Waals surface area contributed by atoms with Gasteiger partial charge in [0, 0.05) is 17.0 Å². The van der Waals surface area contributed by atoms with Crippen molar-refractivity contribution in [1.82, 2.24) is 0 Å². The smallest absolute Gasteiger partial charge is 0.156 e. The molecule has 0 radical (unpaired) electrons. The molecule has 3 nitrogen and oxygen atoms in total. The quantitative estimate of drug-likeness (QED) is 0.261. The number of benzene rings is 2. The van der Waals surface area contributed by atoms with Crippen LogP contribution in [0, 0.1) is 0 Å². The van der Waals surface area contributed by atoms with Crippen molar-refractivity contribution in [1.29, 1.82) is 0 Å². The Morgan fingerprint density at radius 1 is 1.03 bits per heavy atom. The summed E-state index contributed by atoms with van der Waals surface area (Å²) in [5.74, 6) is 3.37. The molecule has 0 aliphatic rings. The largest absolute Gasteiger partial charge is 0.494 e. The summed E-state index contributed by atoms with van der Waals surface area (Å²) < 4.78 is 11.4. The number of halogens is 3. The maximum absolute atomic E-state index is 10.00. The number of rotatable bonds is 12. The van der Waals surface area contributed by atoms with Crippen LogP contribution < -0.4 is 9.47 Å². The first kappa shape index (κ1) is 25.5. The summed E-state index contributed by atoms with van der Waals surface area (Å²) in [7, 11) is 0. The molecule has 1 atom stereocenters. The summed E-state index contributed by atoms with van der Waals surface area (Å²) in [5, 5.41) is 10.9. The molecule has 7 heteroatoms. The molecular weight excluding hydrogens is 463 g/mol. The van der Waals surface area contributed by atoms with Gasteiger partial charge in [-0.2, -0.15) is 11.8 Å². The minimum Gasteiger partial charge on any atom is -0.494 e. The average molecular weight is 492 g/mol. The lowest BCUT2D eigenvalue weighted by atomic mass is 9.78. The SMILES string of the molecule is CCSCC(O)COc1c(Cl)cc(C(C)(C)c2ccc(OCCCCl)cc2)cc1Cl. The topological polar surface area (TPSA) is 38.7 Å². The van der Waals surface area contributed by atoms with Gasteiger partial charge >= 0.3 is 0 Å². The third-order valence-corrected chi connectivity index (χ3v) is 6.63. The van der Waals surface area contributed by atoms with Crippen LogP contribution in [0.5, 0.6) is 11.5 Å². The van der Waals surface area contributed by atoms with E-state index in [-0.39, 0.29) is 12.0 Å². The molecule has 2 rings (SSSR count). The third-order valence-electron chi connectivity index (χ3n) is 4.78. The Balaban J connectivity index is 2.14. The highest BCUT2D eigenvalue weighted by Gasteiger charge is 2.26. The number of thioether (sulfide) groups is 1. The molecule has 0 heterocycles. The lowest BCUT2D eigenvalue weighted by molar-refractivity contribution is 0.126. The van der Waals surface area contributed by atoms with Crippen molar-refractivity contribution < 1.29 is 14.6 Å². The highest BCUT2D eigenvalue weighted by atomic mass is 35.5. The first-order chi connectivity index (χ1) is 14.3. The minimum absolute atomic E-state index is 0.153. The summed E-state index contributed by atoms with van der Waals surface area (Å²) in [4.78, 5) is 0. The number of ether oxygens (including phenoxy) is 2. The molecule has 0 bridgehead atoms. The number of aliphatic hydroxyl groups is 1. The van der Waals surface area contributed by atoms with E-state index in [4.69, 9.17) is 44.3 Å². The molecular formula is C23H29Cl3O3S.